The Morgan fingerprint density at radius 1 is 1.00 bits per heavy atom. The van der Waals surface area contributed by atoms with Gasteiger partial charge < -0.3 is 4.74 Å². The molecule has 126 valence electrons. The number of benzene rings is 2. The molecule has 1 unspecified atom stereocenters. The molecule has 5 nitrogen and oxygen atoms in total. The number of carbonyl (C=O) groups excluding carboxylic acids is 2. The maximum absolute atomic E-state index is 12.2. The minimum Gasteiger partial charge on any atom is -0.481 e. The van der Waals surface area contributed by atoms with E-state index in [1.54, 1.807) is 24.3 Å². The van der Waals surface area contributed by atoms with Gasteiger partial charge in [-0.05, 0) is 50.1 Å². The molecule has 0 aliphatic heterocycles. The molecule has 0 saturated heterocycles. The van der Waals surface area contributed by atoms with Crippen molar-refractivity contribution in [1.82, 2.24) is 10.9 Å². The van der Waals surface area contributed by atoms with Gasteiger partial charge in [0.1, 0.15) is 5.75 Å². The summed E-state index contributed by atoms with van der Waals surface area (Å²) in [5.41, 5.74) is 7.36. The highest BCUT2D eigenvalue weighted by molar-refractivity contribution is 5.95. The molecule has 1 atom stereocenters. The van der Waals surface area contributed by atoms with Crippen LogP contribution in [0.5, 0.6) is 5.75 Å². The Balaban J connectivity index is 1.93. The van der Waals surface area contributed by atoms with Gasteiger partial charge in [-0.1, -0.05) is 36.8 Å². The van der Waals surface area contributed by atoms with Crippen LogP contribution in [0.25, 0.3) is 0 Å². The van der Waals surface area contributed by atoms with Crippen LogP contribution < -0.4 is 15.6 Å². The van der Waals surface area contributed by atoms with E-state index < -0.39 is 6.10 Å². The Morgan fingerprint density at radius 2 is 1.67 bits per heavy atom. The summed E-state index contributed by atoms with van der Waals surface area (Å²) in [5.74, 6) is -0.125. The summed E-state index contributed by atoms with van der Waals surface area (Å²) < 4.78 is 5.70. The molecule has 24 heavy (non-hydrogen) atoms. The molecule has 0 saturated carbocycles. The fourth-order valence-electron chi connectivity index (χ4n) is 2.23. The second-order valence-electron chi connectivity index (χ2n) is 5.64. The monoisotopic (exact) mass is 326 g/mol. The summed E-state index contributed by atoms with van der Waals surface area (Å²) in [6.07, 6.45) is -0.190. The number of aryl methyl sites for hydroxylation is 2. The molecular weight excluding hydrogens is 304 g/mol. The minimum atomic E-state index is -0.676. The first-order chi connectivity index (χ1) is 11.5. The smallest absolute Gasteiger partial charge is 0.279 e. The van der Waals surface area contributed by atoms with Crippen LogP contribution in [0.3, 0.4) is 0 Å². The van der Waals surface area contributed by atoms with Crippen LogP contribution in [0, 0.1) is 13.8 Å². The van der Waals surface area contributed by atoms with Gasteiger partial charge in [0.15, 0.2) is 6.10 Å². The minimum absolute atomic E-state index is 0.363. The summed E-state index contributed by atoms with van der Waals surface area (Å²) in [4.78, 5) is 24.3. The van der Waals surface area contributed by atoms with Gasteiger partial charge in [0.05, 0.1) is 0 Å². The predicted molar refractivity (Wildman–Crippen MR) is 92.7 cm³/mol. The number of hydrogen-bond donors (Lipinski definition) is 2. The number of rotatable bonds is 5. The highest BCUT2D eigenvalue weighted by atomic mass is 16.5. The molecular formula is C19H22N2O3. The molecule has 0 aliphatic carbocycles. The summed E-state index contributed by atoms with van der Waals surface area (Å²) in [7, 11) is 0. The standard InChI is InChI=1S/C19H22N2O3/c1-4-17(24-16-10-6-8-14(3)12-16)19(23)21-20-18(22)15-9-5-7-13(2)11-15/h5-12,17H,4H2,1-3H3,(H,20,22)(H,21,23). The van der Waals surface area contributed by atoms with E-state index in [0.717, 1.165) is 11.1 Å². The van der Waals surface area contributed by atoms with Crippen molar-refractivity contribution in [2.24, 2.45) is 0 Å². The zero-order valence-corrected chi connectivity index (χ0v) is 14.1. The number of carbonyl (C=O) groups is 2. The molecule has 2 amide bonds. The molecule has 0 fully saturated rings. The van der Waals surface area contributed by atoms with Crippen molar-refractivity contribution in [3.8, 4) is 5.75 Å². The van der Waals surface area contributed by atoms with Gasteiger partial charge in [-0.2, -0.15) is 0 Å². The van der Waals surface area contributed by atoms with Gasteiger partial charge in [0.2, 0.25) is 0 Å². The quantitative estimate of drug-likeness (QED) is 0.830. The largest absolute Gasteiger partial charge is 0.481 e. The molecule has 2 rings (SSSR count). The second-order valence-corrected chi connectivity index (χ2v) is 5.64. The summed E-state index contributed by atoms with van der Waals surface area (Å²) >= 11 is 0. The van der Waals surface area contributed by atoms with Gasteiger partial charge in [-0.3, -0.25) is 20.4 Å². The van der Waals surface area contributed by atoms with Crippen LogP contribution in [0.15, 0.2) is 48.5 Å². The van der Waals surface area contributed by atoms with Crippen molar-refractivity contribution in [3.05, 3.63) is 65.2 Å². The van der Waals surface area contributed by atoms with Crippen molar-refractivity contribution < 1.29 is 14.3 Å². The van der Waals surface area contributed by atoms with E-state index in [4.69, 9.17) is 4.74 Å². The average Bonchev–Trinajstić information content (AvgIpc) is 2.57. The zero-order valence-electron chi connectivity index (χ0n) is 14.1. The van der Waals surface area contributed by atoms with Crippen molar-refractivity contribution in [2.75, 3.05) is 0 Å². The van der Waals surface area contributed by atoms with E-state index in [-0.39, 0.29) is 11.8 Å². The van der Waals surface area contributed by atoms with Crippen molar-refractivity contribution in [1.29, 1.82) is 0 Å². The molecule has 0 spiro atoms. The third-order valence-electron chi connectivity index (χ3n) is 3.51. The SMILES string of the molecule is CCC(Oc1cccc(C)c1)C(=O)NNC(=O)c1cccc(C)c1. The van der Waals surface area contributed by atoms with Gasteiger partial charge >= 0.3 is 0 Å². The first kappa shape index (κ1) is 17.5. The molecule has 2 aromatic carbocycles. The molecule has 0 heterocycles. The third-order valence-corrected chi connectivity index (χ3v) is 3.51. The summed E-state index contributed by atoms with van der Waals surface area (Å²) in [6.45, 7) is 5.70. The van der Waals surface area contributed by atoms with Crippen LogP contribution in [0.1, 0.15) is 34.8 Å². The topological polar surface area (TPSA) is 67.4 Å². The van der Waals surface area contributed by atoms with E-state index in [0.29, 0.717) is 17.7 Å². The van der Waals surface area contributed by atoms with Crippen LogP contribution in [0.2, 0.25) is 0 Å². The third kappa shape index (κ3) is 4.84. The first-order valence-electron chi connectivity index (χ1n) is 7.89. The Morgan fingerprint density at radius 3 is 2.29 bits per heavy atom. The van der Waals surface area contributed by atoms with E-state index >= 15 is 0 Å². The lowest BCUT2D eigenvalue weighted by atomic mass is 10.1. The Labute approximate surface area is 142 Å². The lowest BCUT2D eigenvalue weighted by molar-refractivity contribution is -0.128. The first-order valence-corrected chi connectivity index (χ1v) is 7.89. The molecule has 5 heteroatoms. The molecule has 0 aliphatic rings. The van der Waals surface area contributed by atoms with Gasteiger partial charge in [-0.25, -0.2) is 0 Å². The fraction of sp³-hybridized carbons (Fsp3) is 0.263. The lowest BCUT2D eigenvalue weighted by Gasteiger charge is -2.18. The molecule has 2 aromatic rings. The maximum Gasteiger partial charge on any atom is 0.279 e. The molecule has 0 bridgehead atoms. The van der Waals surface area contributed by atoms with Crippen LogP contribution in [-0.2, 0) is 4.79 Å². The zero-order chi connectivity index (χ0) is 17.5. The summed E-state index contributed by atoms with van der Waals surface area (Å²) in [5, 5.41) is 0. The summed E-state index contributed by atoms with van der Waals surface area (Å²) in [6, 6.07) is 14.6. The number of ether oxygens (including phenoxy) is 1. The van der Waals surface area contributed by atoms with Crippen LogP contribution >= 0.6 is 0 Å². The van der Waals surface area contributed by atoms with Crippen LogP contribution in [-0.4, -0.2) is 17.9 Å². The maximum atomic E-state index is 12.2. The number of nitrogens with one attached hydrogen (secondary N) is 2. The predicted octanol–water partition coefficient (Wildman–Crippen LogP) is 2.92. The Bertz CT molecular complexity index is 728. The van der Waals surface area contributed by atoms with Gasteiger partial charge in [0.25, 0.3) is 11.8 Å². The lowest BCUT2D eigenvalue weighted by Crippen LogP contribution is -2.48. The highest BCUT2D eigenvalue weighted by Crippen LogP contribution is 2.15. The van der Waals surface area contributed by atoms with Crippen LogP contribution in [0.4, 0.5) is 0 Å². The molecule has 2 N–H and O–H groups in total. The van der Waals surface area contributed by atoms with Gasteiger partial charge in [-0.15, -0.1) is 0 Å². The number of amides is 2. The van der Waals surface area contributed by atoms with E-state index in [2.05, 4.69) is 10.9 Å². The van der Waals surface area contributed by atoms with Crippen molar-refractivity contribution in [2.45, 2.75) is 33.3 Å². The highest BCUT2D eigenvalue weighted by Gasteiger charge is 2.19. The van der Waals surface area contributed by atoms with Gasteiger partial charge in [0, 0.05) is 5.56 Å². The van der Waals surface area contributed by atoms with Crippen molar-refractivity contribution >= 4 is 11.8 Å². The van der Waals surface area contributed by atoms with Crippen molar-refractivity contribution in [3.63, 3.8) is 0 Å². The molecule has 0 aromatic heterocycles. The fourth-order valence-corrected chi connectivity index (χ4v) is 2.23. The normalized spacial score (nSPS) is 11.5. The molecule has 0 radical (unpaired) electrons. The Kier molecular flexibility index (Phi) is 5.95. The number of hydrogen-bond acceptors (Lipinski definition) is 3. The van der Waals surface area contributed by atoms with E-state index in [9.17, 15) is 9.59 Å². The van der Waals surface area contributed by atoms with E-state index in [1.807, 2.05) is 45.0 Å². The number of hydrazine groups is 1. The second kappa shape index (κ2) is 8.15. The van der Waals surface area contributed by atoms with E-state index in [1.165, 1.54) is 0 Å². The Hall–Kier alpha value is -2.82. The average molecular weight is 326 g/mol.